The van der Waals surface area contributed by atoms with Crippen molar-refractivity contribution in [1.82, 2.24) is 19.7 Å². The fourth-order valence-electron chi connectivity index (χ4n) is 3.04. The minimum Gasteiger partial charge on any atom is -0.383 e. The first-order valence-electron chi connectivity index (χ1n) is 9.02. The zero-order chi connectivity index (χ0) is 18.8. The van der Waals surface area contributed by atoms with Gasteiger partial charge in [-0.3, -0.25) is 0 Å². The van der Waals surface area contributed by atoms with E-state index in [4.69, 9.17) is 10.7 Å². The van der Waals surface area contributed by atoms with E-state index in [1.807, 2.05) is 60.5 Å². The van der Waals surface area contributed by atoms with Crippen LogP contribution in [-0.2, 0) is 6.54 Å². The number of nitrogens with zero attached hydrogens (tertiary/aromatic N) is 5. The van der Waals surface area contributed by atoms with Gasteiger partial charge < -0.3 is 10.6 Å². The third-order valence-corrected chi connectivity index (χ3v) is 4.67. The highest BCUT2D eigenvalue weighted by atomic mass is 15.3. The van der Waals surface area contributed by atoms with Crippen LogP contribution >= 0.6 is 0 Å². The van der Waals surface area contributed by atoms with E-state index in [0.29, 0.717) is 24.0 Å². The number of fused-ring (bicyclic) bond motifs is 1. The van der Waals surface area contributed by atoms with Crippen LogP contribution in [0.2, 0.25) is 0 Å². The third-order valence-electron chi connectivity index (χ3n) is 4.67. The molecule has 0 fully saturated rings. The van der Waals surface area contributed by atoms with Crippen LogP contribution in [0, 0.1) is 0 Å². The van der Waals surface area contributed by atoms with Crippen molar-refractivity contribution in [3.05, 3.63) is 66.2 Å². The van der Waals surface area contributed by atoms with E-state index in [1.54, 1.807) is 4.68 Å². The quantitative estimate of drug-likeness (QED) is 0.590. The Balaban J connectivity index is 1.91. The van der Waals surface area contributed by atoms with Crippen LogP contribution < -0.4 is 10.6 Å². The molecule has 4 rings (SSSR count). The summed E-state index contributed by atoms with van der Waals surface area (Å²) in [5.41, 5.74) is 10.1. The summed E-state index contributed by atoms with van der Waals surface area (Å²) in [6.07, 6.45) is 0. The molecule has 2 aromatic heterocycles. The Kier molecular flexibility index (Phi) is 4.46. The van der Waals surface area contributed by atoms with Crippen molar-refractivity contribution in [2.24, 2.45) is 0 Å². The second kappa shape index (κ2) is 7.07. The predicted molar refractivity (Wildman–Crippen MR) is 110 cm³/mol. The number of benzene rings is 2. The van der Waals surface area contributed by atoms with Gasteiger partial charge in [-0.05, 0) is 12.5 Å². The second-order valence-electron chi connectivity index (χ2n) is 6.48. The highest BCUT2D eigenvalue weighted by Crippen LogP contribution is 2.32. The summed E-state index contributed by atoms with van der Waals surface area (Å²) in [7, 11) is 1.97. The summed E-state index contributed by atoms with van der Waals surface area (Å²) in [4.78, 5) is 11.5. The minimum absolute atomic E-state index is 0.582. The van der Waals surface area contributed by atoms with Crippen molar-refractivity contribution in [3.63, 3.8) is 0 Å². The maximum Gasteiger partial charge on any atom is 0.227 e. The first kappa shape index (κ1) is 17.0. The van der Waals surface area contributed by atoms with Gasteiger partial charge in [0.2, 0.25) is 5.95 Å². The Hall–Kier alpha value is -3.41. The Bertz CT molecular complexity index is 1060. The SMILES string of the molecule is CCN(C)c1nc(-c2ccccc2)c2c(N)n(Cc3ccccc3)nc2n1. The van der Waals surface area contributed by atoms with Gasteiger partial charge in [0.25, 0.3) is 0 Å². The number of anilines is 2. The molecule has 4 aromatic rings. The molecule has 0 aliphatic heterocycles. The summed E-state index contributed by atoms with van der Waals surface area (Å²) < 4.78 is 1.80. The van der Waals surface area contributed by atoms with Gasteiger partial charge in [-0.25, -0.2) is 9.67 Å². The molecule has 2 heterocycles. The number of nitrogens with two attached hydrogens (primary N) is 1. The molecule has 2 aromatic carbocycles. The lowest BCUT2D eigenvalue weighted by atomic mass is 10.1. The van der Waals surface area contributed by atoms with Crippen LogP contribution in [0.4, 0.5) is 11.8 Å². The van der Waals surface area contributed by atoms with E-state index in [2.05, 4.69) is 29.1 Å². The fourth-order valence-corrected chi connectivity index (χ4v) is 3.04. The van der Waals surface area contributed by atoms with Gasteiger partial charge in [0.05, 0.1) is 17.6 Å². The van der Waals surface area contributed by atoms with E-state index in [1.165, 1.54) is 0 Å². The maximum absolute atomic E-state index is 6.49. The Labute approximate surface area is 158 Å². The lowest BCUT2D eigenvalue weighted by molar-refractivity contribution is 0.703. The van der Waals surface area contributed by atoms with E-state index >= 15 is 0 Å². The topological polar surface area (TPSA) is 72.9 Å². The summed E-state index contributed by atoms with van der Waals surface area (Å²) in [5.74, 6) is 1.23. The molecule has 0 spiro atoms. The molecule has 0 saturated carbocycles. The zero-order valence-corrected chi connectivity index (χ0v) is 15.5. The Morgan fingerprint density at radius 2 is 1.63 bits per heavy atom. The molecule has 0 atom stereocenters. The van der Waals surface area contributed by atoms with Crippen LogP contribution in [0.15, 0.2) is 60.7 Å². The van der Waals surface area contributed by atoms with Gasteiger partial charge >= 0.3 is 0 Å². The molecule has 0 saturated heterocycles. The van der Waals surface area contributed by atoms with Crippen LogP contribution in [0.3, 0.4) is 0 Å². The van der Waals surface area contributed by atoms with Crippen molar-refractivity contribution in [2.75, 3.05) is 24.2 Å². The lowest BCUT2D eigenvalue weighted by Gasteiger charge is -2.15. The van der Waals surface area contributed by atoms with Crippen molar-refractivity contribution in [3.8, 4) is 11.3 Å². The molecule has 136 valence electrons. The van der Waals surface area contributed by atoms with Crippen molar-refractivity contribution < 1.29 is 0 Å². The van der Waals surface area contributed by atoms with Gasteiger partial charge in [0.1, 0.15) is 5.82 Å². The maximum atomic E-state index is 6.49. The molecular weight excluding hydrogens is 336 g/mol. The molecule has 6 nitrogen and oxygen atoms in total. The van der Waals surface area contributed by atoms with Crippen molar-refractivity contribution >= 4 is 22.8 Å². The van der Waals surface area contributed by atoms with Gasteiger partial charge in [-0.2, -0.15) is 4.98 Å². The molecule has 0 aliphatic rings. The number of nitrogen functional groups attached to an aromatic ring is 1. The highest BCUT2D eigenvalue weighted by Gasteiger charge is 2.19. The first-order valence-corrected chi connectivity index (χ1v) is 9.02. The average molecular weight is 358 g/mol. The van der Waals surface area contributed by atoms with Gasteiger partial charge in [-0.1, -0.05) is 60.7 Å². The van der Waals surface area contributed by atoms with E-state index < -0.39 is 0 Å². The lowest BCUT2D eigenvalue weighted by Crippen LogP contribution is -2.19. The fraction of sp³-hybridized carbons (Fsp3) is 0.190. The molecule has 6 heteroatoms. The minimum atomic E-state index is 0.582. The van der Waals surface area contributed by atoms with Crippen molar-refractivity contribution in [2.45, 2.75) is 13.5 Å². The highest BCUT2D eigenvalue weighted by molar-refractivity contribution is 5.98. The molecule has 0 aliphatic carbocycles. The molecule has 0 amide bonds. The molecule has 2 N–H and O–H groups in total. The largest absolute Gasteiger partial charge is 0.383 e. The molecule has 27 heavy (non-hydrogen) atoms. The van der Waals surface area contributed by atoms with E-state index in [9.17, 15) is 0 Å². The Morgan fingerprint density at radius 1 is 0.963 bits per heavy atom. The second-order valence-corrected chi connectivity index (χ2v) is 6.48. The van der Waals surface area contributed by atoms with Gasteiger partial charge in [0.15, 0.2) is 5.65 Å². The van der Waals surface area contributed by atoms with Gasteiger partial charge in [-0.15, -0.1) is 5.10 Å². The summed E-state index contributed by atoms with van der Waals surface area (Å²) in [6.45, 7) is 3.47. The predicted octanol–water partition coefficient (Wildman–Crippen LogP) is 3.58. The standard InChI is InChI=1S/C21H22N6/c1-3-26(2)21-23-18(16-12-8-5-9-13-16)17-19(22)27(25-20(17)24-21)14-15-10-6-4-7-11-15/h4-13H,3,14,22H2,1-2H3. The van der Waals surface area contributed by atoms with Crippen LogP contribution in [0.25, 0.3) is 22.3 Å². The van der Waals surface area contributed by atoms with Crippen LogP contribution in [0.5, 0.6) is 0 Å². The number of aromatic nitrogens is 4. The average Bonchev–Trinajstić information content (AvgIpc) is 3.03. The molecule has 0 radical (unpaired) electrons. The molecule has 0 bridgehead atoms. The summed E-state index contributed by atoms with van der Waals surface area (Å²) in [5, 5.41) is 5.48. The first-order chi connectivity index (χ1) is 13.2. The molecular formula is C21H22N6. The number of hydrogen-bond donors (Lipinski definition) is 1. The normalized spacial score (nSPS) is 11.0. The zero-order valence-electron chi connectivity index (χ0n) is 15.5. The Morgan fingerprint density at radius 3 is 2.30 bits per heavy atom. The van der Waals surface area contributed by atoms with Crippen LogP contribution in [-0.4, -0.2) is 33.3 Å². The van der Waals surface area contributed by atoms with Crippen molar-refractivity contribution in [1.29, 1.82) is 0 Å². The van der Waals surface area contributed by atoms with Crippen LogP contribution in [0.1, 0.15) is 12.5 Å². The molecule has 0 unspecified atom stereocenters. The number of rotatable bonds is 5. The smallest absolute Gasteiger partial charge is 0.227 e. The van der Waals surface area contributed by atoms with E-state index in [0.717, 1.165) is 28.8 Å². The van der Waals surface area contributed by atoms with E-state index in [-0.39, 0.29) is 0 Å². The summed E-state index contributed by atoms with van der Waals surface area (Å²) in [6, 6.07) is 20.2. The number of hydrogen-bond acceptors (Lipinski definition) is 5. The monoisotopic (exact) mass is 358 g/mol. The summed E-state index contributed by atoms with van der Waals surface area (Å²) >= 11 is 0. The third kappa shape index (κ3) is 3.21. The van der Waals surface area contributed by atoms with Gasteiger partial charge in [0, 0.05) is 19.2 Å².